The molecular formula is C11H21NO3. The highest BCUT2D eigenvalue weighted by Crippen LogP contribution is 2.26. The monoisotopic (exact) mass is 215 g/mol. The minimum atomic E-state index is -0.556. The van der Waals surface area contributed by atoms with Gasteiger partial charge in [0.15, 0.2) is 0 Å². The summed E-state index contributed by atoms with van der Waals surface area (Å²) in [5.74, 6) is 0. The molecule has 0 spiro atoms. The molecule has 2 saturated heterocycles. The predicted molar refractivity (Wildman–Crippen MR) is 56.8 cm³/mol. The van der Waals surface area contributed by atoms with Gasteiger partial charge in [-0.2, -0.15) is 0 Å². The van der Waals surface area contributed by atoms with Crippen molar-refractivity contribution in [1.82, 2.24) is 5.32 Å². The molecule has 88 valence electrons. The van der Waals surface area contributed by atoms with Crippen molar-refractivity contribution in [1.29, 1.82) is 0 Å². The fourth-order valence-electron chi connectivity index (χ4n) is 2.08. The van der Waals surface area contributed by atoms with Crippen molar-refractivity contribution in [3.8, 4) is 0 Å². The van der Waals surface area contributed by atoms with E-state index in [1.54, 1.807) is 0 Å². The second-order valence-electron chi connectivity index (χ2n) is 5.24. The van der Waals surface area contributed by atoms with Gasteiger partial charge in [-0.25, -0.2) is 0 Å². The summed E-state index contributed by atoms with van der Waals surface area (Å²) in [5.41, 5.74) is -0.277. The minimum absolute atomic E-state index is 0.279. The highest BCUT2D eigenvalue weighted by molar-refractivity contribution is 4.87. The van der Waals surface area contributed by atoms with Crippen LogP contribution in [0.3, 0.4) is 0 Å². The smallest absolute Gasteiger partial charge is 0.0815 e. The average Bonchev–Trinajstić information content (AvgIpc) is 2.16. The van der Waals surface area contributed by atoms with E-state index in [1.165, 1.54) is 0 Å². The van der Waals surface area contributed by atoms with Crippen molar-refractivity contribution >= 4 is 0 Å². The molecule has 2 N–H and O–H groups in total. The third-order valence-corrected chi connectivity index (χ3v) is 3.33. The zero-order valence-corrected chi connectivity index (χ0v) is 9.42. The molecule has 0 aliphatic carbocycles. The van der Waals surface area contributed by atoms with Crippen molar-refractivity contribution in [2.24, 2.45) is 5.41 Å². The number of hydrogen-bond donors (Lipinski definition) is 2. The molecule has 0 radical (unpaired) electrons. The summed E-state index contributed by atoms with van der Waals surface area (Å²) < 4.78 is 10.4. The molecular weight excluding hydrogens is 194 g/mol. The fraction of sp³-hybridized carbons (Fsp3) is 1.00. The second kappa shape index (κ2) is 4.37. The van der Waals surface area contributed by atoms with Crippen LogP contribution >= 0.6 is 0 Å². The Hall–Kier alpha value is -0.160. The van der Waals surface area contributed by atoms with Gasteiger partial charge in [-0.15, -0.1) is 0 Å². The molecule has 2 aliphatic heterocycles. The average molecular weight is 215 g/mol. The van der Waals surface area contributed by atoms with Crippen LogP contribution in [-0.4, -0.2) is 50.2 Å². The first-order valence-corrected chi connectivity index (χ1v) is 5.71. The van der Waals surface area contributed by atoms with Crippen LogP contribution < -0.4 is 5.32 Å². The number of nitrogens with one attached hydrogen (secondary N) is 1. The van der Waals surface area contributed by atoms with E-state index < -0.39 is 5.60 Å². The van der Waals surface area contributed by atoms with E-state index in [2.05, 4.69) is 12.2 Å². The Balaban J connectivity index is 1.67. The molecule has 0 bridgehead atoms. The van der Waals surface area contributed by atoms with Crippen LogP contribution in [0.5, 0.6) is 0 Å². The van der Waals surface area contributed by atoms with E-state index in [1.807, 2.05) is 0 Å². The van der Waals surface area contributed by atoms with Crippen LogP contribution in [0.2, 0.25) is 0 Å². The van der Waals surface area contributed by atoms with Crippen molar-refractivity contribution in [2.45, 2.75) is 25.4 Å². The minimum Gasteiger partial charge on any atom is -0.388 e. The maximum atomic E-state index is 10.2. The zero-order valence-electron chi connectivity index (χ0n) is 9.42. The molecule has 0 unspecified atom stereocenters. The molecule has 0 aromatic rings. The van der Waals surface area contributed by atoms with Crippen molar-refractivity contribution in [3.63, 3.8) is 0 Å². The molecule has 4 heteroatoms. The Bertz CT molecular complexity index is 210. The van der Waals surface area contributed by atoms with Gasteiger partial charge in [-0.3, -0.25) is 0 Å². The van der Waals surface area contributed by atoms with Gasteiger partial charge in [0.05, 0.1) is 18.8 Å². The summed E-state index contributed by atoms with van der Waals surface area (Å²) in [4.78, 5) is 0. The van der Waals surface area contributed by atoms with E-state index in [9.17, 15) is 5.11 Å². The van der Waals surface area contributed by atoms with Crippen LogP contribution in [0, 0.1) is 5.41 Å². The molecule has 0 atom stereocenters. The summed E-state index contributed by atoms with van der Waals surface area (Å²) in [7, 11) is 0. The van der Waals surface area contributed by atoms with E-state index in [0.717, 1.165) is 32.6 Å². The van der Waals surface area contributed by atoms with Crippen molar-refractivity contribution < 1.29 is 14.6 Å². The van der Waals surface area contributed by atoms with Crippen molar-refractivity contribution in [2.75, 3.05) is 39.5 Å². The fourth-order valence-corrected chi connectivity index (χ4v) is 2.08. The third-order valence-electron chi connectivity index (χ3n) is 3.33. The van der Waals surface area contributed by atoms with Gasteiger partial charge in [-0.05, 0) is 0 Å². The van der Waals surface area contributed by atoms with Gasteiger partial charge < -0.3 is 19.9 Å². The van der Waals surface area contributed by atoms with E-state index in [0.29, 0.717) is 19.8 Å². The molecule has 0 amide bonds. The first-order valence-electron chi connectivity index (χ1n) is 5.71. The lowest BCUT2D eigenvalue weighted by Crippen LogP contribution is -2.51. The summed E-state index contributed by atoms with van der Waals surface area (Å²) >= 11 is 0. The standard InChI is InChI=1S/C11H21NO3/c1-10(8-15-9-10)6-12-7-11(13)2-4-14-5-3-11/h12-13H,2-9H2,1H3. The summed E-state index contributed by atoms with van der Waals surface area (Å²) in [6, 6.07) is 0. The molecule has 0 aromatic carbocycles. The largest absolute Gasteiger partial charge is 0.388 e. The lowest BCUT2D eigenvalue weighted by Gasteiger charge is -2.40. The second-order valence-corrected chi connectivity index (χ2v) is 5.24. The van der Waals surface area contributed by atoms with Gasteiger partial charge >= 0.3 is 0 Å². The number of hydrogen-bond acceptors (Lipinski definition) is 4. The molecule has 0 saturated carbocycles. The van der Waals surface area contributed by atoms with Crippen LogP contribution in [0.4, 0.5) is 0 Å². The molecule has 4 nitrogen and oxygen atoms in total. The summed E-state index contributed by atoms with van der Waals surface area (Å²) in [5, 5.41) is 13.5. The quantitative estimate of drug-likeness (QED) is 0.701. The SMILES string of the molecule is CC1(CNCC2(O)CCOCC2)COC1. The number of aliphatic hydroxyl groups is 1. The summed E-state index contributed by atoms with van der Waals surface area (Å²) in [6.07, 6.45) is 1.49. The predicted octanol–water partition coefficient (Wildman–Crippen LogP) is 0.154. The normalized spacial score (nSPS) is 28.4. The number of ether oxygens (including phenoxy) is 2. The first kappa shape index (κ1) is 11.3. The Labute approximate surface area is 90.9 Å². The molecule has 0 aromatic heterocycles. The van der Waals surface area contributed by atoms with Gasteiger partial charge in [0.2, 0.25) is 0 Å². The highest BCUT2D eigenvalue weighted by atomic mass is 16.5. The molecule has 2 aliphatic rings. The summed E-state index contributed by atoms with van der Waals surface area (Å²) in [6.45, 7) is 6.83. The van der Waals surface area contributed by atoms with Crippen LogP contribution in [-0.2, 0) is 9.47 Å². The third kappa shape index (κ3) is 2.91. The highest BCUT2D eigenvalue weighted by Gasteiger charge is 2.35. The van der Waals surface area contributed by atoms with Crippen LogP contribution in [0.1, 0.15) is 19.8 Å². The molecule has 2 heterocycles. The molecule has 2 fully saturated rings. The van der Waals surface area contributed by atoms with Crippen LogP contribution in [0.15, 0.2) is 0 Å². The zero-order chi connectivity index (χ0) is 10.8. The van der Waals surface area contributed by atoms with Crippen molar-refractivity contribution in [3.05, 3.63) is 0 Å². The number of rotatable bonds is 4. The lowest BCUT2D eigenvalue weighted by atomic mass is 9.88. The lowest BCUT2D eigenvalue weighted by molar-refractivity contribution is -0.104. The van der Waals surface area contributed by atoms with E-state index >= 15 is 0 Å². The molecule has 2 rings (SSSR count). The van der Waals surface area contributed by atoms with Gasteiger partial charge in [0.25, 0.3) is 0 Å². The Morgan fingerprint density at radius 1 is 1.13 bits per heavy atom. The maximum Gasteiger partial charge on any atom is 0.0815 e. The van der Waals surface area contributed by atoms with Crippen LogP contribution in [0.25, 0.3) is 0 Å². The van der Waals surface area contributed by atoms with Gasteiger partial charge in [0, 0.05) is 44.6 Å². The Kier molecular flexibility index (Phi) is 3.30. The van der Waals surface area contributed by atoms with E-state index in [4.69, 9.17) is 9.47 Å². The first-order chi connectivity index (χ1) is 7.12. The Morgan fingerprint density at radius 2 is 1.80 bits per heavy atom. The molecule has 15 heavy (non-hydrogen) atoms. The Morgan fingerprint density at radius 3 is 2.33 bits per heavy atom. The van der Waals surface area contributed by atoms with Gasteiger partial charge in [0.1, 0.15) is 0 Å². The topological polar surface area (TPSA) is 50.7 Å². The van der Waals surface area contributed by atoms with Gasteiger partial charge in [-0.1, -0.05) is 6.92 Å². The maximum absolute atomic E-state index is 10.2. The van der Waals surface area contributed by atoms with E-state index in [-0.39, 0.29) is 5.41 Å².